The quantitative estimate of drug-likeness (QED) is 0.859. The zero-order valence-corrected chi connectivity index (χ0v) is 9.81. The molecular weight excluding hydrogens is 220 g/mol. The Morgan fingerprint density at radius 3 is 2.59 bits per heavy atom. The average molecular weight is 236 g/mol. The van der Waals surface area contributed by atoms with Crippen molar-refractivity contribution in [2.24, 2.45) is 0 Å². The maximum atomic E-state index is 10.0. The molecule has 1 aromatic carbocycles. The van der Waals surface area contributed by atoms with Gasteiger partial charge < -0.3 is 19.3 Å². The summed E-state index contributed by atoms with van der Waals surface area (Å²) in [5, 5.41) is 10.0. The second-order valence-corrected chi connectivity index (χ2v) is 4.67. The van der Waals surface area contributed by atoms with Gasteiger partial charge >= 0.3 is 0 Å². The minimum atomic E-state index is -0.634. The molecule has 1 aliphatic carbocycles. The number of ether oxygens (including phenoxy) is 3. The Labute approximate surface area is 100 Å². The smallest absolute Gasteiger partial charge is 0.161 e. The number of hydrogen-bond donors (Lipinski definition) is 1. The Balaban J connectivity index is 1.83. The maximum Gasteiger partial charge on any atom is 0.161 e. The number of rotatable bonds is 4. The molecule has 0 unspecified atom stereocenters. The normalized spacial score (nSPS) is 21.8. The molecule has 2 fully saturated rings. The van der Waals surface area contributed by atoms with E-state index in [1.54, 1.807) is 7.11 Å². The fraction of sp³-hybridized carbons (Fsp3) is 0.538. The first kappa shape index (κ1) is 10.9. The first-order valence-electron chi connectivity index (χ1n) is 5.86. The van der Waals surface area contributed by atoms with Gasteiger partial charge in [0.15, 0.2) is 11.5 Å². The van der Waals surface area contributed by atoms with E-state index in [-0.39, 0.29) is 6.10 Å². The van der Waals surface area contributed by atoms with Crippen LogP contribution in [0.4, 0.5) is 0 Å². The van der Waals surface area contributed by atoms with Crippen molar-refractivity contribution in [1.29, 1.82) is 0 Å². The van der Waals surface area contributed by atoms with Crippen LogP contribution in [0.5, 0.6) is 11.5 Å². The van der Waals surface area contributed by atoms with Crippen LogP contribution in [0.25, 0.3) is 0 Å². The number of hydrogen-bond acceptors (Lipinski definition) is 4. The van der Waals surface area contributed by atoms with Crippen LogP contribution in [0.2, 0.25) is 0 Å². The van der Waals surface area contributed by atoms with Gasteiger partial charge in [-0.1, -0.05) is 6.07 Å². The molecule has 1 heterocycles. The van der Waals surface area contributed by atoms with Crippen LogP contribution in [0.1, 0.15) is 18.4 Å². The Bertz CT molecular complexity index is 421. The fourth-order valence-electron chi connectivity index (χ4n) is 1.92. The molecule has 4 heteroatoms. The van der Waals surface area contributed by atoms with Crippen LogP contribution in [-0.2, 0) is 10.3 Å². The molecule has 17 heavy (non-hydrogen) atoms. The fourth-order valence-corrected chi connectivity index (χ4v) is 1.92. The summed E-state index contributed by atoms with van der Waals surface area (Å²) in [5.41, 5.74) is 0.275. The molecular formula is C13H16O4. The minimum Gasteiger partial charge on any atom is -0.493 e. The number of methoxy groups -OCH3 is 1. The molecule has 0 aromatic heterocycles. The lowest BCUT2D eigenvalue weighted by molar-refractivity contribution is -0.0803. The van der Waals surface area contributed by atoms with Gasteiger partial charge in [-0.25, -0.2) is 0 Å². The first-order valence-corrected chi connectivity index (χ1v) is 5.86. The summed E-state index contributed by atoms with van der Waals surface area (Å²) in [6, 6.07) is 5.63. The minimum absolute atomic E-state index is 0.124. The molecule has 1 aliphatic heterocycles. The van der Waals surface area contributed by atoms with Gasteiger partial charge in [-0.2, -0.15) is 0 Å². The van der Waals surface area contributed by atoms with E-state index in [1.807, 2.05) is 18.2 Å². The molecule has 0 amide bonds. The highest BCUT2D eigenvalue weighted by Crippen LogP contribution is 2.47. The van der Waals surface area contributed by atoms with Gasteiger partial charge in [-0.3, -0.25) is 0 Å². The van der Waals surface area contributed by atoms with Gasteiger partial charge in [-0.05, 0) is 30.5 Å². The second-order valence-electron chi connectivity index (χ2n) is 4.67. The number of aliphatic hydroxyl groups is 1. The van der Waals surface area contributed by atoms with Crippen LogP contribution in [0.3, 0.4) is 0 Å². The van der Waals surface area contributed by atoms with E-state index in [2.05, 4.69) is 0 Å². The predicted octanol–water partition coefficient (Wildman–Crippen LogP) is 1.45. The Morgan fingerprint density at radius 1 is 1.29 bits per heavy atom. The van der Waals surface area contributed by atoms with Crippen molar-refractivity contribution in [2.75, 3.05) is 20.3 Å². The molecule has 1 N–H and O–H groups in total. The molecule has 4 nitrogen and oxygen atoms in total. The van der Waals surface area contributed by atoms with E-state index in [1.165, 1.54) is 0 Å². The van der Waals surface area contributed by atoms with Crippen molar-refractivity contribution in [3.63, 3.8) is 0 Å². The molecule has 0 atom stereocenters. The third kappa shape index (κ3) is 1.98. The van der Waals surface area contributed by atoms with E-state index in [0.717, 1.165) is 18.4 Å². The molecule has 0 bridgehead atoms. The lowest BCUT2D eigenvalue weighted by atomic mass is 10.1. The van der Waals surface area contributed by atoms with E-state index in [4.69, 9.17) is 14.2 Å². The van der Waals surface area contributed by atoms with Crippen molar-refractivity contribution in [2.45, 2.75) is 24.5 Å². The summed E-state index contributed by atoms with van der Waals surface area (Å²) in [6.07, 6.45) is 1.78. The van der Waals surface area contributed by atoms with Crippen molar-refractivity contribution in [1.82, 2.24) is 0 Å². The molecule has 3 rings (SSSR count). The Kier molecular flexibility index (Phi) is 2.49. The summed E-state index contributed by atoms with van der Waals surface area (Å²) < 4.78 is 16.1. The van der Waals surface area contributed by atoms with E-state index >= 15 is 0 Å². The van der Waals surface area contributed by atoms with Gasteiger partial charge in [0, 0.05) is 0 Å². The van der Waals surface area contributed by atoms with Gasteiger partial charge in [0.2, 0.25) is 0 Å². The van der Waals surface area contributed by atoms with Crippen LogP contribution < -0.4 is 9.47 Å². The molecule has 2 aliphatic rings. The SMILES string of the molecule is COc1cc(C2(O)CC2)ccc1OC1COC1. The highest BCUT2D eigenvalue weighted by atomic mass is 16.6. The van der Waals surface area contributed by atoms with Crippen LogP contribution in [0, 0.1) is 0 Å². The molecule has 92 valence electrons. The monoisotopic (exact) mass is 236 g/mol. The van der Waals surface area contributed by atoms with Crippen molar-refractivity contribution in [3.8, 4) is 11.5 Å². The van der Waals surface area contributed by atoms with Gasteiger partial charge in [0.05, 0.1) is 25.9 Å². The molecule has 1 saturated carbocycles. The zero-order chi connectivity index (χ0) is 11.9. The summed E-state index contributed by atoms with van der Waals surface area (Å²) >= 11 is 0. The van der Waals surface area contributed by atoms with Crippen LogP contribution >= 0.6 is 0 Å². The summed E-state index contributed by atoms with van der Waals surface area (Å²) in [7, 11) is 1.61. The summed E-state index contributed by atoms with van der Waals surface area (Å²) in [6.45, 7) is 1.27. The van der Waals surface area contributed by atoms with Crippen LogP contribution in [0.15, 0.2) is 18.2 Å². The van der Waals surface area contributed by atoms with E-state index in [0.29, 0.717) is 24.7 Å². The largest absolute Gasteiger partial charge is 0.493 e. The third-order valence-corrected chi connectivity index (χ3v) is 3.33. The third-order valence-electron chi connectivity index (χ3n) is 3.33. The summed E-state index contributed by atoms with van der Waals surface area (Å²) in [5.74, 6) is 1.39. The molecule has 1 saturated heterocycles. The molecule has 0 radical (unpaired) electrons. The van der Waals surface area contributed by atoms with Gasteiger partial charge in [-0.15, -0.1) is 0 Å². The molecule has 1 aromatic rings. The van der Waals surface area contributed by atoms with Crippen molar-refractivity contribution >= 4 is 0 Å². The number of benzene rings is 1. The Morgan fingerprint density at radius 2 is 2.06 bits per heavy atom. The highest BCUT2D eigenvalue weighted by molar-refractivity contribution is 5.46. The first-order chi connectivity index (χ1) is 8.21. The lowest BCUT2D eigenvalue weighted by Gasteiger charge is -2.27. The standard InChI is InChI=1S/C13H16O4/c1-15-12-6-9(13(14)4-5-13)2-3-11(12)17-10-7-16-8-10/h2-3,6,10,14H,4-5,7-8H2,1H3. The zero-order valence-electron chi connectivity index (χ0n) is 9.81. The van der Waals surface area contributed by atoms with Crippen molar-refractivity contribution < 1.29 is 19.3 Å². The van der Waals surface area contributed by atoms with Gasteiger partial charge in [0.1, 0.15) is 6.10 Å². The predicted molar refractivity (Wildman–Crippen MR) is 61.4 cm³/mol. The second kappa shape index (κ2) is 3.89. The lowest BCUT2D eigenvalue weighted by Crippen LogP contribution is -2.38. The topological polar surface area (TPSA) is 47.9 Å². The highest BCUT2D eigenvalue weighted by Gasteiger charge is 2.42. The van der Waals surface area contributed by atoms with Gasteiger partial charge in [0.25, 0.3) is 0 Å². The van der Waals surface area contributed by atoms with Crippen LogP contribution in [-0.4, -0.2) is 31.5 Å². The van der Waals surface area contributed by atoms with E-state index in [9.17, 15) is 5.11 Å². The van der Waals surface area contributed by atoms with Crippen molar-refractivity contribution in [3.05, 3.63) is 23.8 Å². The maximum absolute atomic E-state index is 10.0. The molecule has 0 spiro atoms. The Hall–Kier alpha value is -1.26. The average Bonchev–Trinajstić information content (AvgIpc) is 3.03. The van der Waals surface area contributed by atoms with E-state index < -0.39 is 5.60 Å². The summed E-state index contributed by atoms with van der Waals surface area (Å²) in [4.78, 5) is 0.